The molecule has 3 aromatic rings. The van der Waals surface area contributed by atoms with E-state index >= 15 is 0 Å². The second-order valence-electron chi connectivity index (χ2n) is 6.30. The molecule has 0 aromatic carbocycles. The SMILES string of the molecule is CO/C(=C1/C=C(c2ccnc(Nc3ccc(Cl)nc3)n2)C=CC1=N)c1cccnc1. The summed E-state index contributed by atoms with van der Waals surface area (Å²) in [6, 6.07) is 9.02. The first-order valence-electron chi connectivity index (χ1n) is 9.03. The van der Waals surface area contributed by atoms with E-state index in [0.717, 1.165) is 16.8 Å². The van der Waals surface area contributed by atoms with Crippen LogP contribution >= 0.6 is 11.6 Å². The average Bonchev–Trinajstić information content (AvgIpc) is 2.78. The number of methoxy groups -OCH3 is 1. The van der Waals surface area contributed by atoms with Crippen molar-refractivity contribution >= 4 is 40.3 Å². The Kier molecular flexibility index (Phi) is 5.63. The Morgan fingerprint density at radius 1 is 1.07 bits per heavy atom. The molecule has 8 heteroatoms. The number of rotatable bonds is 5. The molecule has 0 atom stereocenters. The minimum atomic E-state index is 0.346. The molecule has 1 aliphatic rings. The summed E-state index contributed by atoms with van der Waals surface area (Å²) in [4.78, 5) is 17.0. The van der Waals surface area contributed by atoms with E-state index in [9.17, 15) is 0 Å². The van der Waals surface area contributed by atoms with Crippen molar-refractivity contribution in [3.8, 4) is 0 Å². The number of hydrogen-bond acceptors (Lipinski definition) is 7. The monoisotopic (exact) mass is 416 g/mol. The van der Waals surface area contributed by atoms with Gasteiger partial charge in [0.1, 0.15) is 10.9 Å². The predicted molar refractivity (Wildman–Crippen MR) is 118 cm³/mol. The molecule has 30 heavy (non-hydrogen) atoms. The summed E-state index contributed by atoms with van der Waals surface area (Å²) in [7, 11) is 1.58. The van der Waals surface area contributed by atoms with E-state index in [0.29, 0.717) is 33.8 Å². The number of hydrogen-bond donors (Lipinski definition) is 2. The average molecular weight is 417 g/mol. The number of nitrogens with zero attached hydrogens (tertiary/aromatic N) is 4. The van der Waals surface area contributed by atoms with Crippen LogP contribution in [0.25, 0.3) is 11.3 Å². The quantitative estimate of drug-likeness (QED) is 0.462. The van der Waals surface area contributed by atoms with Crippen LogP contribution in [-0.2, 0) is 4.74 Å². The van der Waals surface area contributed by atoms with Gasteiger partial charge in [0.2, 0.25) is 5.95 Å². The van der Waals surface area contributed by atoms with Crippen LogP contribution in [0.1, 0.15) is 11.3 Å². The van der Waals surface area contributed by atoms with Crippen LogP contribution in [0.2, 0.25) is 5.15 Å². The second-order valence-corrected chi connectivity index (χ2v) is 6.68. The van der Waals surface area contributed by atoms with Crippen molar-refractivity contribution in [2.75, 3.05) is 12.4 Å². The van der Waals surface area contributed by atoms with Gasteiger partial charge in [-0.05, 0) is 42.5 Å². The van der Waals surface area contributed by atoms with Gasteiger partial charge in [-0.15, -0.1) is 0 Å². The Morgan fingerprint density at radius 2 is 1.97 bits per heavy atom. The fourth-order valence-corrected chi connectivity index (χ4v) is 3.04. The van der Waals surface area contributed by atoms with E-state index in [1.165, 1.54) is 0 Å². The van der Waals surface area contributed by atoms with Crippen LogP contribution in [0.4, 0.5) is 11.6 Å². The van der Waals surface area contributed by atoms with E-state index in [4.69, 9.17) is 21.7 Å². The summed E-state index contributed by atoms with van der Waals surface area (Å²) in [5.41, 5.74) is 4.06. The van der Waals surface area contributed by atoms with Gasteiger partial charge in [0, 0.05) is 35.3 Å². The van der Waals surface area contributed by atoms with Crippen LogP contribution in [0.5, 0.6) is 0 Å². The molecule has 0 saturated carbocycles. The molecule has 0 fully saturated rings. The van der Waals surface area contributed by atoms with E-state index in [1.54, 1.807) is 50.1 Å². The fraction of sp³-hybridized carbons (Fsp3) is 0.0455. The molecule has 7 nitrogen and oxygen atoms in total. The molecule has 4 rings (SSSR count). The van der Waals surface area contributed by atoms with Gasteiger partial charge in [-0.2, -0.15) is 0 Å². The summed E-state index contributed by atoms with van der Waals surface area (Å²) in [6.07, 6.45) is 12.1. The Morgan fingerprint density at radius 3 is 2.70 bits per heavy atom. The van der Waals surface area contributed by atoms with Gasteiger partial charge >= 0.3 is 0 Å². The lowest BCUT2D eigenvalue weighted by atomic mass is 9.95. The van der Waals surface area contributed by atoms with Crippen LogP contribution in [-0.4, -0.2) is 32.8 Å². The van der Waals surface area contributed by atoms with Crippen molar-refractivity contribution < 1.29 is 4.74 Å². The molecular weight excluding hydrogens is 400 g/mol. The number of aromatic nitrogens is 4. The molecular formula is C22H17ClN6O. The van der Waals surface area contributed by atoms with Gasteiger partial charge in [-0.3, -0.25) is 4.98 Å². The number of pyridine rings is 2. The molecule has 0 saturated heterocycles. The Labute approximate surface area is 178 Å². The van der Waals surface area contributed by atoms with Crippen LogP contribution in [0, 0.1) is 5.41 Å². The summed E-state index contributed by atoms with van der Waals surface area (Å²) >= 11 is 5.83. The Balaban J connectivity index is 1.69. The zero-order valence-corrected chi connectivity index (χ0v) is 16.8. The van der Waals surface area contributed by atoms with Crippen LogP contribution < -0.4 is 5.32 Å². The lowest BCUT2D eigenvalue weighted by Crippen LogP contribution is -2.07. The lowest BCUT2D eigenvalue weighted by molar-refractivity contribution is 0.368. The van der Waals surface area contributed by atoms with Crippen LogP contribution in [0.15, 0.2) is 78.9 Å². The van der Waals surface area contributed by atoms with Gasteiger partial charge in [0.15, 0.2) is 0 Å². The van der Waals surface area contributed by atoms with Crippen molar-refractivity contribution in [2.24, 2.45) is 0 Å². The van der Waals surface area contributed by atoms with Gasteiger partial charge < -0.3 is 15.5 Å². The maximum absolute atomic E-state index is 8.34. The molecule has 3 heterocycles. The molecule has 0 bridgehead atoms. The number of allylic oxidation sites excluding steroid dienone is 5. The molecule has 0 amide bonds. The molecule has 148 valence electrons. The van der Waals surface area contributed by atoms with Crippen molar-refractivity contribution in [3.05, 3.63) is 95.3 Å². The highest BCUT2D eigenvalue weighted by Crippen LogP contribution is 2.28. The lowest BCUT2D eigenvalue weighted by Gasteiger charge is -2.16. The highest BCUT2D eigenvalue weighted by molar-refractivity contribution is 6.29. The first-order valence-corrected chi connectivity index (χ1v) is 9.41. The predicted octanol–water partition coefficient (Wildman–Crippen LogP) is 4.69. The largest absolute Gasteiger partial charge is 0.495 e. The van der Waals surface area contributed by atoms with Crippen molar-refractivity contribution in [1.82, 2.24) is 19.9 Å². The van der Waals surface area contributed by atoms with Crippen molar-refractivity contribution in [1.29, 1.82) is 5.41 Å². The second kappa shape index (κ2) is 8.67. The van der Waals surface area contributed by atoms with Crippen LogP contribution in [0.3, 0.4) is 0 Å². The van der Waals surface area contributed by atoms with Gasteiger partial charge in [-0.25, -0.2) is 15.0 Å². The highest BCUT2D eigenvalue weighted by atomic mass is 35.5. The topological polar surface area (TPSA) is 96.7 Å². The fourth-order valence-electron chi connectivity index (χ4n) is 2.93. The van der Waals surface area contributed by atoms with Crippen molar-refractivity contribution in [2.45, 2.75) is 0 Å². The third kappa shape index (κ3) is 4.26. The van der Waals surface area contributed by atoms with Gasteiger partial charge in [-0.1, -0.05) is 17.7 Å². The number of nitrogens with one attached hydrogen (secondary N) is 2. The number of ether oxygens (including phenoxy) is 1. The minimum absolute atomic E-state index is 0.346. The van der Waals surface area contributed by atoms with E-state index in [2.05, 4.69) is 25.3 Å². The summed E-state index contributed by atoms with van der Waals surface area (Å²) < 4.78 is 5.60. The van der Waals surface area contributed by atoms with E-state index in [1.807, 2.05) is 30.4 Å². The van der Waals surface area contributed by atoms with Gasteiger partial charge in [0.25, 0.3) is 0 Å². The zero-order valence-electron chi connectivity index (χ0n) is 16.0. The molecule has 0 radical (unpaired) electrons. The number of anilines is 2. The highest BCUT2D eigenvalue weighted by Gasteiger charge is 2.17. The van der Waals surface area contributed by atoms with E-state index in [-0.39, 0.29) is 0 Å². The normalized spacial score (nSPS) is 14.9. The Bertz CT molecular complexity index is 1170. The van der Waals surface area contributed by atoms with Gasteiger partial charge in [0.05, 0.1) is 30.4 Å². The standard InChI is InChI=1S/C22H17ClN6O/c1-30-21(15-3-2-9-25-12-15)17-11-14(4-6-18(17)24)19-8-10-26-22(29-19)28-16-5-7-20(23)27-13-16/h2-13,24H,1H3,(H,26,28,29)/b21-17-,24-18?. The third-order valence-electron chi connectivity index (χ3n) is 4.33. The molecule has 0 spiro atoms. The smallest absolute Gasteiger partial charge is 0.227 e. The Hall–Kier alpha value is -3.84. The first kappa shape index (κ1) is 19.5. The third-order valence-corrected chi connectivity index (χ3v) is 4.55. The maximum atomic E-state index is 8.34. The molecule has 0 aliphatic heterocycles. The molecule has 0 unspecified atom stereocenters. The summed E-state index contributed by atoms with van der Waals surface area (Å²) in [6.45, 7) is 0. The maximum Gasteiger partial charge on any atom is 0.227 e. The molecule has 1 aliphatic carbocycles. The molecule has 3 aromatic heterocycles. The minimum Gasteiger partial charge on any atom is -0.495 e. The number of halogens is 1. The summed E-state index contributed by atoms with van der Waals surface area (Å²) in [5.74, 6) is 1.01. The summed E-state index contributed by atoms with van der Waals surface area (Å²) in [5, 5.41) is 11.9. The zero-order chi connectivity index (χ0) is 20.9. The van der Waals surface area contributed by atoms with Crippen molar-refractivity contribution in [3.63, 3.8) is 0 Å². The first-order chi connectivity index (χ1) is 14.6. The van der Waals surface area contributed by atoms with E-state index < -0.39 is 0 Å². The molecule has 2 N–H and O–H groups in total.